The number of aromatic nitrogens is 2. The van der Waals surface area contributed by atoms with Gasteiger partial charge in [-0.1, -0.05) is 24.3 Å². The molecule has 2 aromatic rings. The number of rotatable bonds is 5. The van der Waals surface area contributed by atoms with Crippen LogP contribution >= 0.6 is 11.8 Å². The number of hydrogen-bond acceptors (Lipinski definition) is 3. The fourth-order valence-corrected chi connectivity index (χ4v) is 4.49. The van der Waals surface area contributed by atoms with Gasteiger partial charge in [0.15, 0.2) is 5.96 Å². The van der Waals surface area contributed by atoms with Gasteiger partial charge in [0.2, 0.25) is 0 Å². The highest BCUT2D eigenvalue weighted by atomic mass is 32.2. The molecule has 146 valence electrons. The molecule has 0 radical (unpaired) electrons. The number of guanidine groups is 1. The molecule has 5 nitrogen and oxygen atoms in total. The Bertz CT molecular complexity index is 780. The molecule has 0 unspecified atom stereocenters. The third-order valence-corrected chi connectivity index (χ3v) is 6.04. The van der Waals surface area contributed by atoms with Crippen molar-refractivity contribution in [2.24, 2.45) is 4.99 Å². The number of aryl methyl sites for hydroxylation is 1. The van der Waals surface area contributed by atoms with Crippen LogP contribution in [0.25, 0.3) is 0 Å². The fourth-order valence-electron chi connectivity index (χ4n) is 3.38. The number of benzene rings is 1. The van der Waals surface area contributed by atoms with Crippen LogP contribution in [0, 0.1) is 6.92 Å². The minimum absolute atomic E-state index is 0.275. The van der Waals surface area contributed by atoms with Crippen molar-refractivity contribution in [3.05, 3.63) is 53.6 Å². The molecule has 0 atom stereocenters. The minimum atomic E-state index is 0.275. The van der Waals surface area contributed by atoms with Gasteiger partial charge in [-0.05, 0) is 38.8 Å². The van der Waals surface area contributed by atoms with Gasteiger partial charge in [-0.2, -0.15) is 11.8 Å². The van der Waals surface area contributed by atoms with Crippen molar-refractivity contribution >= 4 is 17.7 Å². The highest BCUT2D eigenvalue weighted by Crippen LogP contribution is 2.29. The lowest BCUT2D eigenvalue weighted by Crippen LogP contribution is -2.50. The summed E-state index contributed by atoms with van der Waals surface area (Å²) < 4.78 is 2.44. The minimum Gasteiger partial charge on any atom is -0.357 e. The lowest BCUT2D eigenvalue weighted by molar-refractivity contribution is 0.376. The van der Waals surface area contributed by atoms with Crippen LogP contribution in [-0.4, -0.2) is 50.5 Å². The zero-order valence-electron chi connectivity index (χ0n) is 16.9. The van der Waals surface area contributed by atoms with Crippen LogP contribution in [0.5, 0.6) is 0 Å². The summed E-state index contributed by atoms with van der Waals surface area (Å²) in [4.78, 5) is 11.6. The largest absolute Gasteiger partial charge is 0.357 e. The average Bonchev–Trinajstić information content (AvgIpc) is 3.03. The van der Waals surface area contributed by atoms with Gasteiger partial charge in [0.25, 0.3) is 0 Å². The molecule has 1 saturated heterocycles. The van der Waals surface area contributed by atoms with Crippen LogP contribution in [0.1, 0.15) is 37.7 Å². The molecule has 0 saturated carbocycles. The smallest absolute Gasteiger partial charge is 0.194 e. The van der Waals surface area contributed by atoms with E-state index in [0.717, 1.165) is 43.7 Å². The molecule has 0 aliphatic carbocycles. The van der Waals surface area contributed by atoms with E-state index < -0.39 is 0 Å². The van der Waals surface area contributed by atoms with Gasteiger partial charge < -0.3 is 14.8 Å². The Morgan fingerprint density at radius 1 is 1.33 bits per heavy atom. The lowest BCUT2D eigenvalue weighted by atomic mass is 10.1. The number of thioether (sulfide) groups is 1. The summed E-state index contributed by atoms with van der Waals surface area (Å²) >= 11 is 2.05. The summed E-state index contributed by atoms with van der Waals surface area (Å²) in [5.41, 5.74) is 2.52. The number of nitrogens with one attached hydrogen (secondary N) is 1. The zero-order chi connectivity index (χ0) is 19.3. The maximum absolute atomic E-state index is 4.93. The van der Waals surface area contributed by atoms with E-state index in [2.05, 4.69) is 64.8 Å². The van der Waals surface area contributed by atoms with E-state index in [0.29, 0.717) is 6.54 Å². The molecule has 3 rings (SSSR count). The first-order valence-electron chi connectivity index (χ1n) is 9.69. The second-order valence-corrected chi connectivity index (χ2v) is 9.42. The van der Waals surface area contributed by atoms with Gasteiger partial charge in [-0.25, -0.2) is 9.98 Å². The Morgan fingerprint density at radius 2 is 2.15 bits per heavy atom. The summed E-state index contributed by atoms with van der Waals surface area (Å²) in [5.74, 6) is 3.22. The number of aliphatic imine (C=N–C) groups is 1. The Morgan fingerprint density at radius 3 is 2.85 bits per heavy atom. The van der Waals surface area contributed by atoms with Crippen molar-refractivity contribution in [3.8, 4) is 0 Å². The Balaban J connectivity index is 1.70. The first-order chi connectivity index (χ1) is 13.0. The summed E-state index contributed by atoms with van der Waals surface area (Å²) in [6, 6.07) is 8.71. The molecule has 27 heavy (non-hydrogen) atoms. The SMILES string of the molecule is CCNC(=NCc1cccc(Cn2ccnc2C)c1)N1CCSC(C)(C)C1. The van der Waals surface area contributed by atoms with Crippen LogP contribution in [0.2, 0.25) is 0 Å². The number of hydrogen-bond donors (Lipinski definition) is 1. The van der Waals surface area contributed by atoms with Crippen molar-refractivity contribution in [1.29, 1.82) is 0 Å². The summed E-state index contributed by atoms with van der Waals surface area (Å²) in [5, 5.41) is 3.47. The van der Waals surface area contributed by atoms with Crippen molar-refractivity contribution in [2.45, 2.75) is 45.5 Å². The second kappa shape index (κ2) is 8.83. The van der Waals surface area contributed by atoms with Crippen molar-refractivity contribution in [3.63, 3.8) is 0 Å². The molecule has 1 aliphatic heterocycles. The summed E-state index contributed by atoms with van der Waals surface area (Å²) in [6.45, 7) is 13.3. The highest BCUT2D eigenvalue weighted by molar-refractivity contribution is 8.00. The molecular weight excluding hydrogens is 354 g/mol. The van der Waals surface area contributed by atoms with Crippen LogP contribution < -0.4 is 5.32 Å². The van der Waals surface area contributed by atoms with E-state index in [1.807, 2.05) is 31.1 Å². The first-order valence-corrected chi connectivity index (χ1v) is 10.7. The predicted molar refractivity (Wildman–Crippen MR) is 115 cm³/mol. The van der Waals surface area contributed by atoms with Gasteiger partial charge in [0.05, 0.1) is 6.54 Å². The van der Waals surface area contributed by atoms with Crippen LogP contribution in [0.15, 0.2) is 41.7 Å². The van der Waals surface area contributed by atoms with E-state index in [1.165, 1.54) is 11.1 Å². The van der Waals surface area contributed by atoms with Gasteiger partial charge in [-0.3, -0.25) is 0 Å². The lowest BCUT2D eigenvalue weighted by Gasteiger charge is -2.39. The van der Waals surface area contributed by atoms with Crippen LogP contribution in [0.3, 0.4) is 0 Å². The predicted octanol–water partition coefficient (Wildman–Crippen LogP) is 3.53. The molecule has 1 N–H and O–H groups in total. The van der Waals surface area contributed by atoms with Gasteiger partial charge in [0, 0.05) is 49.1 Å². The molecule has 1 aromatic heterocycles. The standard InChI is InChI=1S/C21H31N5S/c1-5-22-20(26-11-12-27-21(3,4)16-26)24-14-18-7-6-8-19(13-18)15-25-10-9-23-17(25)2/h6-10,13H,5,11-12,14-16H2,1-4H3,(H,22,24). The van der Waals surface area contributed by atoms with Crippen molar-refractivity contribution in [1.82, 2.24) is 19.8 Å². The maximum Gasteiger partial charge on any atom is 0.194 e. The monoisotopic (exact) mass is 385 g/mol. The Kier molecular flexibility index (Phi) is 6.47. The molecule has 0 bridgehead atoms. The van der Waals surface area contributed by atoms with E-state index in [9.17, 15) is 0 Å². The van der Waals surface area contributed by atoms with Crippen molar-refractivity contribution in [2.75, 3.05) is 25.4 Å². The molecule has 2 heterocycles. The Labute approximate surface area is 167 Å². The first kappa shape index (κ1) is 19.8. The van der Waals surface area contributed by atoms with Crippen LogP contribution in [-0.2, 0) is 13.1 Å². The molecule has 1 aliphatic rings. The van der Waals surface area contributed by atoms with Crippen molar-refractivity contribution < 1.29 is 0 Å². The maximum atomic E-state index is 4.93. The molecule has 1 fully saturated rings. The van der Waals surface area contributed by atoms with E-state index in [1.54, 1.807) is 0 Å². The third kappa shape index (κ3) is 5.51. The van der Waals surface area contributed by atoms with Crippen LogP contribution in [0.4, 0.5) is 0 Å². The number of imidazole rings is 1. The third-order valence-electron chi connectivity index (χ3n) is 4.74. The number of nitrogens with zero attached hydrogens (tertiary/aromatic N) is 4. The topological polar surface area (TPSA) is 45.5 Å². The highest BCUT2D eigenvalue weighted by Gasteiger charge is 2.28. The summed E-state index contributed by atoms with van der Waals surface area (Å²) in [7, 11) is 0. The molecule has 0 spiro atoms. The van der Waals surface area contributed by atoms with Gasteiger partial charge in [-0.15, -0.1) is 0 Å². The second-order valence-electron chi connectivity index (χ2n) is 7.62. The van der Waals surface area contributed by atoms with Gasteiger partial charge >= 0.3 is 0 Å². The average molecular weight is 386 g/mol. The summed E-state index contributed by atoms with van der Waals surface area (Å²) in [6.07, 6.45) is 3.88. The quantitative estimate of drug-likeness (QED) is 0.632. The Hall–Kier alpha value is -1.95. The molecule has 1 aromatic carbocycles. The van der Waals surface area contributed by atoms with E-state index in [4.69, 9.17) is 4.99 Å². The molecule has 6 heteroatoms. The molecular formula is C21H31N5S. The van der Waals surface area contributed by atoms with E-state index >= 15 is 0 Å². The van der Waals surface area contributed by atoms with Gasteiger partial charge in [0.1, 0.15) is 5.82 Å². The zero-order valence-corrected chi connectivity index (χ0v) is 17.7. The fraction of sp³-hybridized carbons (Fsp3) is 0.524. The normalized spacial score (nSPS) is 17.2. The van der Waals surface area contributed by atoms with E-state index in [-0.39, 0.29) is 4.75 Å². The molecule has 0 amide bonds.